The van der Waals surface area contributed by atoms with E-state index in [0.717, 1.165) is 78.4 Å². The number of benzene rings is 7. The molecule has 0 N–H and O–H groups in total. The van der Waals surface area contributed by atoms with Crippen molar-refractivity contribution in [3.8, 4) is 73.0 Å². The van der Waals surface area contributed by atoms with Gasteiger partial charge in [0.1, 0.15) is 11.5 Å². The van der Waals surface area contributed by atoms with E-state index >= 15 is 0 Å². The zero-order chi connectivity index (χ0) is 40.2. The molecule has 0 bridgehead atoms. The summed E-state index contributed by atoms with van der Waals surface area (Å²) in [6.07, 6.45) is 8.22. The van der Waals surface area contributed by atoms with Gasteiger partial charge in [0.25, 0.3) is 0 Å². The van der Waals surface area contributed by atoms with E-state index in [1.165, 1.54) is 27.6 Å². The number of hydrogen-bond donors (Lipinski definition) is 0. The van der Waals surface area contributed by atoms with Crippen LogP contribution in [-0.4, -0.2) is 15.0 Å². The fourth-order valence-corrected chi connectivity index (χ4v) is 9.45. The lowest BCUT2D eigenvalue weighted by Crippen LogP contribution is -2.35. The van der Waals surface area contributed by atoms with Gasteiger partial charge in [0.15, 0.2) is 5.82 Å². The second kappa shape index (κ2) is 14.3. The summed E-state index contributed by atoms with van der Waals surface area (Å²) in [6.45, 7) is 4.19. The van der Waals surface area contributed by atoms with Crippen molar-refractivity contribution in [1.82, 2.24) is 15.0 Å². The van der Waals surface area contributed by atoms with Crippen LogP contribution in [0.1, 0.15) is 30.5 Å². The molecule has 0 saturated carbocycles. The molecule has 1 aliphatic heterocycles. The lowest BCUT2D eigenvalue weighted by atomic mass is 9.65. The van der Waals surface area contributed by atoms with Gasteiger partial charge in [-0.1, -0.05) is 158 Å². The fraction of sp³-hybridized carbons (Fsp3) is 0.0536. The van der Waals surface area contributed by atoms with Crippen LogP contribution in [0.5, 0.6) is 5.75 Å². The molecule has 60 heavy (non-hydrogen) atoms. The summed E-state index contributed by atoms with van der Waals surface area (Å²) < 4.78 is 6.64. The van der Waals surface area contributed by atoms with Crippen molar-refractivity contribution in [1.29, 1.82) is 0 Å². The summed E-state index contributed by atoms with van der Waals surface area (Å²) >= 11 is 0. The maximum atomic E-state index is 6.64. The molecule has 11 rings (SSSR count). The Balaban J connectivity index is 1.12. The van der Waals surface area contributed by atoms with Crippen LogP contribution in [0.4, 0.5) is 0 Å². The fourth-order valence-electron chi connectivity index (χ4n) is 9.45. The zero-order valence-electron chi connectivity index (χ0n) is 33.3. The summed E-state index contributed by atoms with van der Waals surface area (Å²) in [5.41, 5.74) is 15.9. The molecule has 1 atom stereocenters. The van der Waals surface area contributed by atoms with Crippen molar-refractivity contribution in [2.45, 2.75) is 19.3 Å². The van der Waals surface area contributed by atoms with Crippen molar-refractivity contribution in [2.24, 2.45) is 0 Å². The minimum Gasteiger partial charge on any atom is -0.457 e. The Kier molecular flexibility index (Phi) is 8.45. The van der Waals surface area contributed by atoms with Gasteiger partial charge in [-0.15, -0.1) is 0 Å². The number of fused-ring (bicyclic) bond motifs is 8. The Morgan fingerprint density at radius 1 is 0.450 bits per heavy atom. The Hall–Kier alpha value is -7.69. The molecule has 7 aromatic carbocycles. The topological polar surface area (TPSA) is 47.9 Å². The normalized spacial score (nSPS) is 16.4. The molecule has 4 nitrogen and oxygen atoms in total. The maximum absolute atomic E-state index is 6.64. The second-order valence-corrected chi connectivity index (χ2v) is 15.4. The lowest BCUT2D eigenvalue weighted by molar-refractivity contribution is 0.388. The number of rotatable bonds is 5. The van der Waals surface area contributed by atoms with Crippen molar-refractivity contribution in [3.63, 3.8) is 0 Å². The molecule has 9 aromatic rings. The minimum atomic E-state index is -0.589. The largest absolute Gasteiger partial charge is 0.457 e. The number of ether oxygens (including phenoxy) is 1. The van der Waals surface area contributed by atoms with Crippen LogP contribution >= 0.6 is 0 Å². The lowest BCUT2D eigenvalue weighted by Gasteiger charge is -2.41. The quantitative estimate of drug-likeness (QED) is 0.175. The molecule has 1 spiro atoms. The van der Waals surface area contributed by atoms with Gasteiger partial charge in [0, 0.05) is 51.2 Å². The molecule has 0 saturated heterocycles. The second-order valence-electron chi connectivity index (χ2n) is 15.4. The Morgan fingerprint density at radius 3 is 1.78 bits per heavy atom. The standard InChI is InChI=1S/C56H39N3O/c1-3-47-53(4-2)60-54-22-14-13-21-50(54)56(47)48-29-27-40(36-23-25-37(26-24-36)46-35-57-34-42-19-11-12-20-43(42)46)31-44(48)45-32-41(28-30-49(45)56)52-33-51(38-15-7-5-8-16-38)58-55(59-52)39-17-9-6-10-18-39/h3-35H,1-2H3/b47-3?,53-4+. The number of pyridine rings is 1. The van der Waals surface area contributed by atoms with Crippen molar-refractivity contribution < 1.29 is 4.74 Å². The summed E-state index contributed by atoms with van der Waals surface area (Å²) in [7, 11) is 0. The molecule has 1 unspecified atom stereocenters. The van der Waals surface area contributed by atoms with Crippen LogP contribution in [0.2, 0.25) is 0 Å². The highest BCUT2D eigenvalue weighted by molar-refractivity contribution is 5.96. The van der Waals surface area contributed by atoms with Crippen LogP contribution in [0.3, 0.4) is 0 Å². The van der Waals surface area contributed by atoms with E-state index < -0.39 is 5.41 Å². The van der Waals surface area contributed by atoms with Crippen LogP contribution in [-0.2, 0) is 5.41 Å². The van der Waals surface area contributed by atoms with Gasteiger partial charge in [-0.05, 0) is 88.5 Å². The number of hydrogen-bond acceptors (Lipinski definition) is 4. The van der Waals surface area contributed by atoms with E-state index in [1.54, 1.807) is 0 Å². The predicted molar refractivity (Wildman–Crippen MR) is 244 cm³/mol. The van der Waals surface area contributed by atoms with Gasteiger partial charge >= 0.3 is 0 Å². The SMILES string of the molecule is CC=C1/C(=C\C)Oc2ccccc2C12c1ccc(-c3ccc(-c4cncc5ccccc45)cc3)cc1-c1cc(-c3cc(-c4ccccc4)nc(-c4ccccc4)n3)ccc12. The first-order valence-electron chi connectivity index (χ1n) is 20.5. The van der Waals surface area contributed by atoms with Gasteiger partial charge in [-0.2, -0.15) is 0 Å². The highest BCUT2D eigenvalue weighted by atomic mass is 16.5. The first-order valence-corrected chi connectivity index (χ1v) is 20.5. The highest BCUT2D eigenvalue weighted by Crippen LogP contribution is 2.62. The summed E-state index contributed by atoms with van der Waals surface area (Å²) in [6, 6.07) is 62.5. The summed E-state index contributed by atoms with van der Waals surface area (Å²) in [5, 5.41) is 2.33. The van der Waals surface area contributed by atoms with Crippen molar-refractivity contribution in [3.05, 3.63) is 228 Å². The van der Waals surface area contributed by atoms with Gasteiger partial charge in [0.2, 0.25) is 0 Å². The minimum absolute atomic E-state index is 0.589. The van der Waals surface area contributed by atoms with Crippen LogP contribution in [0, 0.1) is 0 Å². The maximum Gasteiger partial charge on any atom is 0.160 e. The summed E-state index contributed by atoms with van der Waals surface area (Å²) in [5.74, 6) is 2.44. The molecule has 0 fully saturated rings. The van der Waals surface area contributed by atoms with Crippen molar-refractivity contribution in [2.75, 3.05) is 0 Å². The van der Waals surface area contributed by atoms with Gasteiger partial charge in [-0.3, -0.25) is 4.98 Å². The highest BCUT2D eigenvalue weighted by Gasteiger charge is 2.52. The molecule has 0 amide bonds. The number of para-hydroxylation sites is 1. The molecule has 2 aliphatic rings. The first kappa shape index (κ1) is 35.5. The molecule has 3 heterocycles. The number of nitrogens with zero attached hydrogens (tertiary/aromatic N) is 3. The smallest absolute Gasteiger partial charge is 0.160 e. The van der Waals surface area contributed by atoms with E-state index in [-0.39, 0.29) is 0 Å². The first-order chi connectivity index (χ1) is 29.6. The molecular formula is C56H39N3O. The predicted octanol–water partition coefficient (Wildman–Crippen LogP) is 13.9. The molecule has 0 radical (unpaired) electrons. The van der Waals surface area contributed by atoms with Crippen LogP contribution in [0.25, 0.3) is 78.1 Å². The molecule has 2 aromatic heterocycles. The summed E-state index contributed by atoms with van der Waals surface area (Å²) in [4.78, 5) is 14.9. The van der Waals surface area contributed by atoms with E-state index in [4.69, 9.17) is 14.7 Å². The third-order valence-electron chi connectivity index (χ3n) is 12.2. The van der Waals surface area contributed by atoms with Crippen LogP contribution in [0.15, 0.2) is 212 Å². The van der Waals surface area contributed by atoms with Crippen LogP contribution < -0.4 is 4.74 Å². The van der Waals surface area contributed by atoms with E-state index in [9.17, 15) is 0 Å². The van der Waals surface area contributed by atoms with Crippen molar-refractivity contribution >= 4 is 10.8 Å². The van der Waals surface area contributed by atoms with E-state index in [1.807, 2.05) is 36.7 Å². The van der Waals surface area contributed by atoms with E-state index in [0.29, 0.717) is 5.82 Å². The zero-order valence-corrected chi connectivity index (χ0v) is 33.3. The Labute approximate surface area is 349 Å². The van der Waals surface area contributed by atoms with Gasteiger partial charge in [-0.25, -0.2) is 9.97 Å². The molecular weight excluding hydrogens is 731 g/mol. The third-order valence-corrected chi connectivity index (χ3v) is 12.2. The van der Waals surface area contributed by atoms with E-state index in [2.05, 4.69) is 183 Å². The average molecular weight is 770 g/mol. The Bertz CT molecular complexity index is 3120. The number of allylic oxidation sites excluding steroid dienone is 3. The van der Waals surface area contributed by atoms with Gasteiger partial charge in [0.05, 0.1) is 16.8 Å². The molecule has 4 heteroatoms. The molecule has 284 valence electrons. The van der Waals surface area contributed by atoms with Gasteiger partial charge < -0.3 is 4.74 Å². The number of aromatic nitrogens is 3. The third kappa shape index (κ3) is 5.56. The molecule has 1 aliphatic carbocycles. The Morgan fingerprint density at radius 2 is 1.05 bits per heavy atom. The average Bonchev–Trinajstić information content (AvgIpc) is 3.60. The monoisotopic (exact) mass is 769 g/mol.